The van der Waals surface area contributed by atoms with Gasteiger partial charge in [0, 0.05) is 19.1 Å². The number of nitrogens with zero attached hydrogens (tertiary/aromatic N) is 2. The molecule has 0 bridgehead atoms. The number of oxazole rings is 1. The molecule has 2 heterocycles. The Kier molecular flexibility index (Phi) is 5.95. The number of benzene rings is 2. The van der Waals surface area contributed by atoms with Crippen LogP contribution in [0.2, 0.25) is 10.0 Å². The Hall–Kier alpha value is -2.74. The van der Waals surface area contributed by atoms with Gasteiger partial charge in [0.15, 0.2) is 17.2 Å². The van der Waals surface area contributed by atoms with Gasteiger partial charge in [-0.3, -0.25) is 9.69 Å². The molecule has 0 saturated heterocycles. The predicted octanol–water partition coefficient (Wildman–Crippen LogP) is 4.80. The average Bonchev–Trinajstić information content (AvgIpc) is 3.35. The van der Waals surface area contributed by atoms with Gasteiger partial charge >= 0.3 is 0 Å². The first-order chi connectivity index (χ1) is 15.5. The van der Waals surface area contributed by atoms with Crippen molar-refractivity contribution in [1.29, 1.82) is 0 Å². The predicted molar refractivity (Wildman–Crippen MR) is 119 cm³/mol. The van der Waals surface area contributed by atoms with Crippen LogP contribution in [0.25, 0.3) is 0 Å². The summed E-state index contributed by atoms with van der Waals surface area (Å²) in [6, 6.07) is 11.7. The minimum absolute atomic E-state index is 0.218. The molecule has 0 radical (unpaired) electrons. The second-order valence-electron chi connectivity index (χ2n) is 7.88. The standard InChI is InChI=1S/C23H21Cl2N3O4/c24-17-5-1-15(7-18(17)25)10-28(16-3-4-16)11-22-27-19(12-30-22)23(29)26-9-14-2-6-20-21(8-14)32-13-31-20/h1-2,5-8,12,16H,3-4,9-11,13H2,(H,26,29). The van der Waals surface area contributed by atoms with Crippen molar-refractivity contribution >= 4 is 29.1 Å². The molecule has 2 aliphatic rings. The van der Waals surface area contributed by atoms with Gasteiger partial charge in [-0.1, -0.05) is 35.3 Å². The molecular formula is C23H21Cl2N3O4. The summed E-state index contributed by atoms with van der Waals surface area (Å²) in [4.78, 5) is 19.2. The molecule has 7 nitrogen and oxygen atoms in total. The number of carbonyl (C=O) groups excluding carboxylic acids is 1. The maximum atomic E-state index is 12.5. The van der Waals surface area contributed by atoms with Crippen molar-refractivity contribution in [3.8, 4) is 11.5 Å². The largest absolute Gasteiger partial charge is 0.454 e. The summed E-state index contributed by atoms with van der Waals surface area (Å²) in [6.07, 6.45) is 3.66. The van der Waals surface area contributed by atoms with Gasteiger partial charge in [0.2, 0.25) is 12.7 Å². The summed E-state index contributed by atoms with van der Waals surface area (Å²) in [5, 5.41) is 3.94. The van der Waals surface area contributed by atoms with Crippen LogP contribution in [-0.2, 0) is 19.6 Å². The molecule has 3 aromatic rings. The van der Waals surface area contributed by atoms with E-state index < -0.39 is 0 Å². The first-order valence-corrected chi connectivity index (χ1v) is 11.1. The summed E-state index contributed by atoms with van der Waals surface area (Å²) < 4.78 is 16.3. The van der Waals surface area contributed by atoms with E-state index in [4.69, 9.17) is 37.1 Å². The number of aromatic nitrogens is 1. The zero-order valence-electron chi connectivity index (χ0n) is 17.1. The Morgan fingerprint density at radius 2 is 1.84 bits per heavy atom. The highest BCUT2D eigenvalue weighted by molar-refractivity contribution is 6.42. The highest BCUT2D eigenvalue weighted by Gasteiger charge is 2.30. The van der Waals surface area contributed by atoms with Gasteiger partial charge in [-0.15, -0.1) is 0 Å². The minimum Gasteiger partial charge on any atom is -0.454 e. The van der Waals surface area contributed by atoms with E-state index in [0.29, 0.717) is 53.1 Å². The van der Waals surface area contributed by atoms with E-state index in [1.54, 1.807) is 6.07 Å². The Morgan fingerprint density at radius 1 is 1.03 bits per heavy atom. The molecule has 0 spiro atoms. The molecule has 1 N–H and O–H groups in total. The van der Waals surface area contributed by atoms with Crippen molar-refractivity contribution in [3.05, 3.63) is 75.4 Å². The molecule has 32 heavy (non-hydrogen) atoms. The number of carbonyl (C=O) groups is 1. The molecule has 9 heteroatoms. The van der Waals surface area contributed by atoms with Crippen LogP contribution >= 0.6 is 23.2 Å². The number of hydrogen-bond acceptors (Lipinski definition) is 6. The quantitative estimate of drug-likeness (QED) is 0.505. The normalized spacial score (nSPS) is 14.7. The summed E-state index contributed by atoms with van der Waals surface area (Å²) in [5.41, 5.74) is 2.23. The minimum atomic E-state index is -0.292. The highest BCUT2D eigenvalue weighted by Crippen LogP contribution is 2.33. The summed E-state index contributed by atoms with van der Waals surface area (Å²) in [5.74, 6) is 1.61. The van der Waals surface area contributed by atoms with E-state index in [1.807, 2.05) is 30.3 Å². The second kappa shape index (κ2) is 9.02. The Bertz CT molecular complexity index is 1150. The third-order valence-electron chi connectivity index (χ3n) is 5.45. The molecule has 2 aromatic carbocycles. The number of amides is 1. The first-order valence-electron chi connectivity index (χ1n) is 10.3. The lowest BCUT2D eigenvalue weighted by atomic mass is 10.2. The molecule has 1 aliphatic heterocycles. The van der Waals surface area contributed by atoms with Crippen molar-refractivity contribution in [2.45, 2.75) is 38.5 Å². The van der Waals surface area contributed by atoms with Gasteiger partial charge < -0.3 is 19.2 Å². The number of ether oxygens (including phenoxy) is 2. The molecule has 0 atom stereocenters. The fourth-order valence-electron chi connectivity index (χ4n) is 3.61. The lowest BCUT2D eigenvalue weighted by molar-refractivity contribution is 0.0945. The lowest BCUT2D eigenvalue weighted by Crippen LogP contribution is -2.26. The van der Waals surface area contributed by atoms with Gasteiger partial charge in [0.05, 0.1) is 16.6 Å². The van der Waals surface area contributed by atoms with Gasteiger partial charge in [-0.2, -0.15) is 0 Å². The smallest absolute Gasteiger partial charge is 0.273 e. The van der Waals surface area contributed by atoms with E-state index in [2.05, 4.69) is 15.2 Å². The van der Waals surface area contributed by atoms with Crippen LogP contribution in [0.5, 0.6) is 11.5 Å². The topological polar surface area (TPSA) is 76.8 Å². The van der Waals surface area contributed by atoms with Gasteiger partial charge in [0.25, 0.3) is 5.91 Å². The third-order valence-corrected chi connectivity index (χ3v) is 6.18. The van der Waals surface area contributed by atoms with Crippen molar-refractivity contribution in [2.75, 3.05) is 6.79 Å². The molecule has 1 aromatic heterocycles. The first kappa shape index (κ1) is 21.1. The second-order valence-corrected chi connectivity index (χ2v) is 8.70. The maximum Gasteiger partial charge on any atom is 0.273 e. The highest BCUT2D eigenvalue weighted by atomic mass is 35.5. The number of hydrogen-bond donors (Lipinski definition) is 1. The molecule has 0 unspecified atom stereocenters. The van der Waals surface area contributed by atoms with Crippen LogP contribution < -0.4 is 14.8 Å². The molecule has 1 saturated carbocycles. The Labute approximate surface area is 195 Å². The van der Waals surface area contributed by atoms with Crippen LogP contribution in [0.4, 0.5) is 0 Å². The van der Waals surface area contributed by atoms with Gasteiger partial charge in [-0.05, 0) is 48.2 Å². The third kappa shape index (κ3) is 4.85. The molecule has 5 rings (SSSR count). The van der Waals surface area contributed by atoms with Crippen LogP contribution in [0, 0.1) is 0 Å². The van der Waals surface area contributed by atoms with E-state index in [9.17, 15) is 4.79 Å². The lowest BCUT2D eigenvalue weighted by Gasteiger charge is -2.20. The molecule has 1 amide bonds. The zero-order valence-corrected chi connectivity index (χ0v) is 18.7. The Balaban J connectivity index is 1.19. The van der Waals surface area contributed by atoms with E-state index >= 15 is 0 Å². The van der Waals surface area contributed by atoms with Gasteiger partial charge in [-0.25, -0.2) is 4.98 Å². The Morgan fingerprint density at radius 3 is 2.66 bits per heavy atom. The molecular weight excluding hydrogens is 453 g/mol. The fraction of sp³-hybridized carbons (Fsp3) is 0.304. The number of rotatable bonds is 8. The molecule has 1 aliphatic carbocycles. The van der Waals surface area contributed by atoms with Gasteiger partial charge in [0.1, 0.15) is 6.26 Å². The van der Waals surface area contributed by atoms with Crippen molar-refractivity contribution in [2.24, 2.45) is 0 Å². The number of nitrogens with one attached hydrogen (secondary N) is 1. The average molecular weight is 474 g/mol. The monoisotopic (exact) mass is 473 g/mol. The van der Waals surface area contributed by atoms with Crippen molar-refractivity contribution in [1.82, 2.24) is 15.2 Å². The molecule has 1 fully saturated rings. The van der Waals surface area contributed by atoms with Crippen LogP contribution in [-0.4, -0.2) is 28.6 Å². The summed E-state index contributed by atoms with van der Waals surface area (Å²) >= 11 is 12.2. The molecule has 166 valence electrons. The zero-order chi connectivity index (χ0) is 22.1. The maximum absolute atomic E-state index is 12.5. The van der Waals surface area contributed by atoms with E-state index in [-0.39, 0.29) is 18.4 Å². The van der Waals surface area contributed by atoms with E-state index in [0.717, 1.165) is 24.0 Å². The summed E-state index contributed by atoms with van der Waals surface area (Å²) in [6.45, 7) is 1.79. The van der Waals surface area contributed by atoms with Crippen LogP contribution in [0.15, 0.2) is 47.1 Å². The van der Waals surface area contributed by atoms with Crippen LogP contribution in [0.3, 0.4) is 0 Å². The van der Waals surface area contributed by atoms with Crippen LogP contribution in [0.1, 0.15) is 40.3 Å². The summed E-state index contributed by atoms with van der Waals surface area (Å²) in [7, 11) is 0. The van der Waals surface area contributed by atoms with Crippen molar-refractivity contribution in [3.63, 3.8) is 0 Å². The SMILES string of the molecule is O=C(NCc1ccc2c(c1)OCO2)c1coc(CN(Cc2ccc(Cl)c(Cl)c2)C2CC2)n1. The fourth-order valence-corrected chi connectivity index (χ4v) is 3.93. The van der Waals surface area contributed by atoms with Crippen molar-refractivity contribution < 1.29 is 18.7 Å². The number of fused-ring (bicyclic) bond motifs is 1. The number of halogens is 2. The van der Waals surface area contributed by atoms with E-state index in [1.165, 1.54) is 6.26 Å².